The molecule has 0 aliphatic carbocycles. The fraction of sp³-hybridized carbons (Fsp3) is 0.652. The van der Waals surface area contributed by atoms with E-state index in [-0.39, 0.29) is 29.9 Å². The largest absolute Gasteiger partial charge is 0.356 e. The quantitative estimate of drug-likeness (QED) is 0.199. The Morgan fingerprint density at radius 1 is 1.23 bits per heavy atom. The van der Waals surface area contributed by atoms with E-state index in [4.69, 9.17) is 0 Å². The summed E-state index contributed by atoms with van der Waals surface area (Å²) in [6.45, 7) is 11.5. The monoisotopic (exact) mass is 529 g/mol. The number of carbonyl (C=O) groups excluding carboxylic acids is 1. The summed E-state index contributed by atoms with van der Waals surface area (Å²) in [4.78, 5) is 21.3. The van der Waals surface area contributed by atoms with Crippen molar-refractivity contribution in [2.75, 3.05) is 44.7 Å². The number of amides is 1. The molecule has 1 unspecified atom stereocenters. The van der Waals surface area contributed by atoms with Gasteiger partial charge < -0.3 is 20.4 Å². The van der Waals surface area contributed by atoms with Crippen molar-refractivity contribution in [3.8, 4) is 0 Å². The SMILES string of the molecule is CCN(CC)CCCC(C)NC(=NC)NCCCC(=O)N1CCc2ccccc21.I. The Labute approximate surface area is 199 Å². The molecule has 0 spiro atoms. The molecule has 30 heavy (non-hydrogen) atoms. The van der Waals surface area contributed by atoms with Gasteiger partial charge in [0.25, 0.3) is 0 Å². The lowest BCUT2D eigenvalue weighted by Gasteiger charge is -2.21. The molecule has 0 radical (unpaired) electrons. The zero-order valence-electron chi connectivity index (χ0n) is 19.1. The molecule has 0 saturated carbocycles. The molecule has 6 nitrogen and oxygen atoms in total. The Kier molecular flexibility index (Phi) is 13.0. The van der Waals surface area contributed by atoms with Gasteiger partial charge in [-0.25, -0.2) is 0 Å². The van der Waals surface area contributed by atoms with Gasteiger partial charge in [-0.3, -0.25) is 9.79 Å². The molecule has 2 N–H and O–H groups in total. The molecule has 170 valence electrons. The van der Waals surface area contributed by atoms with Crippen LogP contribution in [-0.4, -0.2) is 62.6 Å². The third kappa shape index (κ3) is 8.41. The van der Waals surface area contributed by atoms with Crippen LogP contribution in [0.4, 0.5) is 5.69 Å². The van der Waals surface area contributed by atoms with Crippen LogP contribution in [0.15, 0.2) is 29.3 Å². The van der Waals surface area contributed by atoms with Crippen molar-refractivity contribution in [3.05, 3.63) is 29.8 Å². The minimum Gasteiger partial charge on any atom is -0.356 e. The fourth-order valence-corrected chi connectivity index (χ4v) is 3.84. The van der Waals surface area contributed by atoms with Crippen molar-refractivity contribution in [3.63, 3.8) is 0 Å². The van der Waals surface area contributed by atoms with Crippen LogP contribution in [0.3, 0.4) is 0 Å². The average molecular weight is 530 g/mol. The van der Waals surface area contributed by atoms with Crippen LogP contribution in [0, 0.1) is 0 Å². The summed E-state index contributed by atoms with van der Waals surface area (Å²) in [5.41, 5.74) is 2.36. The summed E-state index contributed by atoms with van der Waals surface area (Å²) < 4.78 is 0. The lowest BCUT2D eigenvalue weighted by Crippen LogP contribution is -2.43. The summed E-state index contributed by atoms with van der Waals surface area (Å²) in [5.74, 6) is 1.03. The number of benzene rings is 1. The van der Waals surface area contributed by atoms with Crippen LogP contribution in [0.1, 0.15) is 52.0 Å². The predicted octanol–water partition coefficient (Wildman–Crippen LogP) is 3.65. The molecule has 1 heterocycles. The van der Waals surface area contributed by atoms with Crippen molar-refractivity contribution in [1.29, 1.82) is 0 Å². The number of rotatable bonds is 11. The summed E-state index contributed by atoms with van der Waals surface area (Å²) in [5, 5.41) is 6.80. The van der Waals surface area contributed by atoms with E-state index >= 15 is 0 Å². The van der Waals surface area contributed by atoms with Crippen LogP contribution < -0.4 is 15.5 Å². The fourth-order valence-electron chi connectivity index (χ4n) is 3.84. The standard InChI is InChI=1S/C23H39N5O.HI/c1-5-27(6-2)17-10-11-19(3)26-23(24-4)25-16-9-14-22(29)28-18-15-20-12-7-8-13-21(20)28;/h7-8,12-13,19H,5-6,9-11,14-18H2,1-4H3,(H2,24,25,26);1H. The van der Waals surface area contributed by atoms with Crippen molar-refractivity contribution in [2.24, 2.45) is 4.99 Å². The molecule has 1 aliphatic heterocycles. The van der Waals surface area contributed by atoms with Gasteiger partial charge in [-0.2, -0.15) is 0 Å². The summed E-state index contributed by atoms with van der Waals surface area (Å²) in [7, 11) is 1.80. The van der Waals surface area contributed by atoms with Gasteiger partial charge in [0.05, 0.1) is 0 Å². The summed E-state index contributed by atoms with van der Waals surface area (Å²) in [6, 6.07) is 8.58. The average Bonchev–Trinajstić information content (AvgIpc) is 3.17. The first-order chi connectivity index (χ1) is 14.1. The second kappa shape index (κ2) is 14.6. The molecule has 2 rings (SSSR count). The van der Waals surface area contributed by atoms with E-state index in [0.29, 0.717) is 12.5 Å². The Hall–Kier alpha value is -1.35. The Bertz CT molecular complexity index is 663. The molecule has 1 atom stereocenters. The first kappa shape index (κ1) is 26.7. The van der Waals surface area contributed by atoms with Crippen LogP contribution in [0.25, 0.3) is 0 Å². The molecule has 0 fully saturated rings. The maximum Gasteiger partial charge on any atom is 0.227 e. The minimum atomic E-state index is 0. The molecule has 0 bridgehead atoms. The first-order valence-corrected chi connectivity index (χ1v) is 11.2. The molecule has 1 amide bonds. The van der Waals surface area contributed by atoms with Gasteiger partial charge in [0.2, 0.25) is 5.91 Å². The number of fused-ring (bicyclic) bond motifs is 1. The van der Waals surface area contributed by atoms with Crippen LogP contribution in [0.2, 0.25) is 0 Å². The van der Waals surface area contributed by atoms with Gasteiger partial charge in [0, 0.05) is 38.3 Å². The number of hydrogen-bond donors (Lipinski definition) is 2. The van der Waals surface area contributed by atoms with Crippen molar-refractivity contribution in [1.82, 2.24) is 15.5 Å². The van der Waals surface area contributed by atoms with Gasteiger partial charge >= 0.3 is 0 Å². The number of carbonyl (C=O) groups is 1. The van der Waals surface area contributed by atoms with Crippen molar-refractivity contribution in [2.45, 2.75) is 58.9 Å². The highest BCUT2D eigenvalue weighted by atomic mass is 127. The number of hydrogen-bond acceptors (Lipinski definition) is 3. The van der Waals surface area contributed by atoms with Crippen molar-refractivity contribution < 1.29 is 4.79 Å². The van der Waals surface area contributed by atoms with E-state index in [1.807, 2.05) is 23.1 Å². The number of anilines is 1. The number of nitrogens with one attached hydrogen (secondary N) is 2. The Morgan fingerprint density at radius 2 is 1.97 bits per heavy atom. The van der Waals surface area contributed by atoms with Crippen LogP contribution in [-0.2, 0) is 11.2 Å². The van der Waals surface area contributed by atoms with E-state index in [1.165, 1.54) is 12.0 Å². The van der Waals surface area contributed by atoms with Crippen molar-refractivity contribution >= 4 is 41.5 Å². The Balaban J connectivity index is 0.00000450. The van der Waals surface area contributed by atoms with Gasteiger partial charge in [-0.05, 0) is 63.9 Å². The molecule has 1 aromatic carbocycles. The van der Waals surface area contributed by atoms with Crippen LogP contribution in [0.5, 0.6) is 0 Å². The topological polar surface area (TPSA) is 60.0 Å². The van der Waals surface area contributed by atoms with E-state index in [1.54, 1.807) is 7.05 Å². The lowest BCUT2D eigenvalue weighted by atomic mass is 10.2. The molecular formula is C23H40IN5O. The Morgan fingerprint density at radius 3 is 2.67 bits per heavy atom. The van der Waals surface area contributed by atoms with Crippen LogP contribution >= 0.6 is 24.0 Å². The number of guanidine groups is 1. The lowest BCUT2D eigenvalue weighted by molar-refractivity contribution is -0.118. The number of nitrogens with zero attached hydrogens (tertiary/aromatic N) is 3. The number of halogens is 1. The highest BCUT2D eigenvalue weighted by Crippen LogP contribution is 2.27. The third-order valence-corrected chi connectivity index (χ3v) is 5.66. The molecule has 1 aliphatic rings. The molecule has 0 saturated heterocycles. The maximum absolute atomic E-state index is 12.6. The van der Waals surface area contributed by atoms with E-state index in [2.05, 4.69) is 47.4 Å². The normalized spacial score (nSPS) is 14.3. The number of aliphatic imine (C=N–C) groups is 1. The van der Waals surface area contributed by atoms with Gasteiger partial charge in [-0.15, -0.1) is 24.0 Å². The zero-order valence-corrected chi connectivity index (χ0v) is 21.4. The van der Waals surface area contributed by atoms with Gasteiger partial charge in [0.15, 0.2) is 5.96 Å². The summed E-state index contributed by atoms with van der Waals surface area (Å²) >= 11 is 0. The minimum absolute atomic E-state index is 0. The predicted molar refractivity (Wildman–Crippen MR) is 138 cm³/mol. The van der Waals surface area contributed by atoms with E-state index < -0.39 is 0 Å². The first-order valence-electron chi connectivity index (χ1n) is 11.2. The molecular weight excluding hydrogens is 489 g/mol. The van der Waals surface area contributed by atoms with E-state index in [9.17, 15) is 4.79 Å². The van der Waals surface area contributed by atoms with Gasteiger partial charge in [0.1, 0.15) is 0 Å². The summed E-state index contributed by atoms with van der Waals surface area (Å²) in [6.07, 6.45) is 4.61. The number of para-hydroxylation sites is 1. The zero-order chi connectivity index (χ0) is 21.1. The highest BCUT2D eigenvalue weighted by molar-refractivity contribution is 14.0. The third-order valence-electron chi connectivity index (χ3n) is 5.66. The molecule has 0 aromatic heterocycles. The maximum atomic E-state index is 12.6. The van der Waals surface area contributed by atoms with Gasteiger partial charge in [-0.1, -0.05) is 32.0 Å². The molecule has 7 heteroatoms. The second-order valence-electron chi connectivity index (χ2n) is 7.74. The highest BCUT2D eigenvalue weighted by Gasteiger charge is 2.23. The van der Waals surface area contributed by atoms with E-state index in [0.717, 1.165) is 63.6 Å². The smallest absolute Gasteiger partial charge is 0.227 e. The molecule has 1 aromatic rings. The second-order valence-corrected chi connectivity index (χ2v) is 7.74.